The van der Waals surface area contributed by atoms with Crippen LogP contribution in [0.2, 0.25) is 0 Å². The third-order valence-electron chi connectivity index (χ3n) is 10.8. The third-order valence-corrected chi connectivity index (χ3v) is 10.8. The zero-order chi connectivity index (χ0) is 35.2. The highest BCUT2D eigenvalue weighted by Crippen LogP contribution is 2.30. The Morgan fingerprint density at radius 2 is 1.56 bits per heavy atom. The van der Waals surface area contributed by atoms with E-state index in [9.17, 15) is 19.2 Å². The van der Waals surface area contributed by atoms with E-state index in [1.807, 2.05) is 72.1 Å². The third kappa shape index (κ3) is 8.97. The molecule has 1 aromatic carbocycles. The summed E-state index contributed by atoms with van der Waals surface area (Å²) in [6.07, 6.45) is 6.17. The number of nitrogens with one attached hydrogen (secondary N) is 1. The molecule has 10 heteroatoms. The Labute approximate surface area is 288 Å². The van der Waals surface area contributed by atoms with Crippen LogP contribution in [0.15, 0.2) is 30.3 Å². The first-order valence-corrected chi connectivity index (χ1v) is 18.3. The lowest BCUT2D eigenvalue weighted by atomic mass is 9.84. The van der Waals surface area contributed by atoms with E-state index in [1.165, 1.54) is 0 Å². The van der Waals surface area contributed by atoms with Crippen molar-refractivity contribution in [3.8, 4) is 0 Å². The minimum absolute atomic E-state index is 0.0207. The molecule has 0 radical (unpaired) electrons. The average molecular weight is 668 g/mol. The van der Waals surface area contributed by atoms with Gasteiger partial charge in [0.05, 0.1) is 12.1 Å². The van der Waals surface area contributed by atoms with Gasteiger partial charge in [-0.3, -0.25) is 24.2 Å². The topological polar surface area (TPSA) is 102 Å². The van der Waals surface area contributed by atoms with E-state index in [4.69, 9.17) is 4.74 Å². The molecular weight excluding hydrogens is 606 g/mol. The molecular formula is C38H61N5O5. The van der Waals surface area contributed by atoms with Crippen molar-refractivity contribution in [2.75, 3.05) is 40.3 Å². The molecule has 268 valence electrons. The van der Waals surface area contributed by atoms with Gasteiger partial charge in [0.25, 0.3) is 0 Å². The second-order valence-corrected chi connectivity index (χ2v) is 15.6. The fourth-order valence-corrected chi connectivity index (χ4v) is 7.75. The summed E-state index contributed by atoms with van der Waals surface area (Å²) < 4.78 is 5.99. The van der Waals surface area contributed by atoms with Gasteiger partial charge in [0.15, 0.2) is 0 Å². The fourth-order valence-electron chi connectivity index (χ4n) is 7.75. The Morgan fingerprint density at radius 1 is 0.917 bits per heavy atom. The summed E-state index contributed by atoms with van der Waals surface area (Å²) in [6, 6.07) is 7.76. The molecule has 0 aliphatic carbocycles. The molecule has 1 N–H and O–H groups in total. The second kappa shape index (κ2) is 16.6. The monoisotopic (exact) mass is 667 g/mol. The minimum atomic E-state index is -0.679. The van der Waals surface area contributed by atoms with Crippen LogP contribution in [0.25, 0.3) is 0 Å². The summed E-state index contributed by atoms with van der Waals surface area (Å²) in [5, 5.41) is 3.14. The van der Waals surface area contributed by atoms with Crippen molar-refractivity contribution in [1.29, 1.82) is 0 Å². The number of likely N-dealkylation sites (N-methyl/N-ethyl adjacent to an activating group) is 2. The minimum Gasteiger partial charge on any atom is -0.456 e. The predicted octanol–water partition coefficient (Wildman–Crippen LogP) is 4.63. The first-order chi connectivity index (χ1) is 22.7. The van der Waals surface area contributed by atoms with Crippen molar-refractivity contribution in [2.45, 2.75) is 129 Å². The van der Waals surface area contributed by atoms with Crippen molar-refractivity contribution in [3.05, 3.63) is 35.9 Å². The van der Waals surface area contributed by atoms with E-state index in [1.54, 1.807) is 9.80 Å². The molecule has 3 aliphatic rings. The second-order valence-electron chi connectivity index (χ2n) is 15.6. The van der Waals surface area contributed by atoms with E-state index >= 15 is 0 Å². The summed E-state index contributed by atoms with van der Waals surface area (Å²) in [5.74, 6) is -0.428. The van der Waals surface area contributed by atoms with E-state index in [0.29, 0.717) is 25.9 Å². The first kappa shape index (κ1) is 37.8. The lowest BCUT2D eigenvalue weighted by Crippen LogP contribution is -2.61. The Balaban J connectivity index is 1.44. The molecule has 0 bridgehead atoms. The number of hydrogen-bond donors (Lipinski definition) is 1. The van der Waals surface area contributed by atoms with Crippen LogP contribution < -0.4 is 5.32 Å². The molecule has 3 amide bonds. The Morgan fingerprint density at radius 3 is 2.19 bits per heavy atom. The lowest BCUT2D eigenvalue weighted by molar-refractivity contribution is -0.159. The molecule has 1 aromatic rings. The van der Waals surface area contributed by atoms with Crippen molar-refractivity contribution in [1.82, 2.24) is 24.9 Å². The van der Waals surface area contributed by atoms with E-state index < -0.39 is 17.5 Å². The van der Waals surface area contributed by atoms with Crippen LogP contribution in [0.5, 0.6) is 0 Å². The van der Waals surface area contributed by atoms with Crippen LogP contribution in [-0.4, -0.2) is 114 Å². The average Bonchev–Trinajstić information content (AvgIpc) is 3.74. The number of hydrogen-bond acceptors (Lipinski definition) is 7. The number of carbonyl (C=O) groups is 4. The Kier molecular flexibility index (Phi) is 13.1. The molecule has 3 aliphatic heterocycles. The van der Waals surface area contributed by atoms with Crippen LogP contribution in [0.1, 0.15) is 105 Å². The van der Waals surface area contributed by atoms with Gasteiger partial charge in [-0.15, -0.1) is 0 Å². The standard InChI is InChI=1S/C38H61N5O5/c1-9-32(27-17-11-10-12-18-27)48-37(47)30-21-16-24-43(30)35(45)29-20-15-23-42(29)25-31(26(2)3)41(8)36(46)33(38(4,5)6)39-34(44)28-19-13-14-22-40(28)7/h10-12,17-18,26,28-33H,9,13-16,19-25H2,1-8H3,(H,39,44)/t28-,29+,30+,31-,32?,33-/m1/s1. The SMILES string of the molecule is CCC(OC(=O)[C@@H]1CCCN1C(=O)[C@@H]1CCCN1C[C@H](C(C)C)N(C)C(=O)[C@@H](NC(=O)[C@H]1CCCCN1C)C(C)(C)C)c1ccccc1. The van der Waals surface area contributed by atoms with Gasteiger partial charge in [-0.1, -0.05) is 78.3 Å². The normalized spacial score (nSPS) is 24.3. The van der Waals surface area contributed by atoms with Crippen molar-refractivity contribution in [2.24, 2.45) is 11.3 Å². The predicted molar refractivity (Wildman–Crippen MR) is 188 cm³/mol. The number of piperidine rings is 1. The summed E-state index contributed by atoms with van der Waals surface area (Å²) in [4.78, 5) is 63.1. The number of amides is 3. The van der Waals surface area contributed by atoms with E-state index in [-0.39, 0.29) is 53.8 Å². The van der Waals surface area contributed by atoms with Gasteiger partial charge in [-0.05, 0) is 82.0 Å². The van der Waals surface area contributed by atoms with Gasteiger partial charge < -0.3 is 19.9 Å². The van der Waals surface area contributed by atoms with Crippen molar-refractivity contribution in [3.63, 3.8) is 0 Å². The number of likely N-dealkylation sites (tertiary alicyclic amines) is 3. The molecule has 0 spiro atoms. The highest BCUT2D eigenvalue weighted by Gasteiger charge is 2.44. The maximum atomic E-state index is 14.2. The van der Waals surface area contributed by atoms with Gasteiger partial charge in [-0.25, -0.2) is 4.79 Å². The lowest BCUT2D eigenvalue weighted by Gasteiger charge is -2.41. The van der Waals surface area contributed by atoms with Crippen LogP contribution >= 0.6 is 0 Å². The quantitative estimate of drug-likeness (QED) is 0.325. The van der Waals surface area contributed by atoms with Crippen LogP contribution in [-0.2, 0) is 23.9 Å². The number of esters is 1. The van der Waals surface area contributed by atoms with Crippen LogP contribution in [0.4, 0.5) is 0 Å². The molecule has 0 saturated carbocycles. The summed E-state index contributed by atoms with van der Waals surface area (Å²) in [7, 11) is 3.81. The van der Waals surface area contributed by atoms with Gasteiger partial charge in [0.2, 0.25) is 17.7 Å². The van der Waals surface area contributed by atoms with Gasteiger partial charge in [-0.2, -0.15) is 0 Å². The maximum Gasteiger partial charge on any atom is 0.329 e. The van der Waals surface area contributed by atoms with E-state index in [2.05, 4.69) is 29.0 Å². The fraction of sp³-hybridized carbons (Fsp3) is 0.737. The molecule has 48 heavy (non-hydrogen) atoms. The molecule has 10 nitrogen and oxygen atoms in total. The zero-order valence-electron chi connectivity index (χ0n) is 30.7. The molecule has 3 saturated heterocycles. The van der Waals surface area contributed by atoms with Gasteiger partial charge in [0.1, 0.15) is 18.2 Å². The first-order valence-electron chi connectivity index (χ1n) is 18.3. The highest BCUT2D eigenvalue weighted by molar-refractivity contribution is 5.91. The molecule has 3 fully saturated rings. The van der Waals surface area contributed by atoms with Crippen LogP contribution in [0, 0.1) is 11.3 Å². The highest BCUT2D eigenvalue weighted by atomic mass is 16.5. The Hall–Kier alpha value is -2.98. The summed E-state index contributed by atoms with van der Waals surface area (Å²) in [6.45, 7) is 14.9. The van der Waals surface area contributed by atoms with Gasteiger partial charge in [0, 0.05) is 26.2 Å². The molecule has 4 rings (SSSR count). The van der Waals surface area contributed by atoms with Crippen molar-refractivity contribution >= 4 is 23.7 Å². The van der Waals surface area contributed by atoms with Gasteiger partial charge >= 0.3 is 5.97 Å². The molecule has 1 unspecified atom stereocenters. The largest absolute Gasteiger partial charge is 0.456 e. The van der Waals surface area contributed by atoms with Crippen LogP contribution in [0.3, 0.4) is 0 Å². The summed E-state index contributed by atoms with van der Waals surface area (Å²) >= 11 is 0. The number of carbonyl (C=O) groups excluding carboxylic acids is 4. The Bertz CT molecular complexity index is 1250. The number of ether oxygens (including phenoxy) is 1. The molecule has 6 atom stereocenters. The number of rotatable bonds is 12. The molecule has 3 heterocycles. The summed E-state index contributed by atoms with van der Waals surface area (Å²) in [5.41, 5.74) is 0.470. The number of nitrogens with zero attached hydrogens (tertiary/aromatic N) is 4. The van der Waals surface area contributed by atoms with Crippen molar-refractivity contribution < 1.29 is 23.9 Å². The smallest absolute Gasteiger partial charge is 0.329 e. The number of benzene rings is 1. The van der Waals surface area contributed by atoms with E-state index in [0.717, 1.165) is 57.2 Å². The molecule has 0 aromatic heterocycles. The maximum absolute atomic E-state index is 14.2. The zero-order valence-corrected chi connectivity index (χ0v) is 30.7.